The molecular formula is C17H17N3O3S. The lowest BCUT2D eigenvalue weighted by Crippen LogP contribution is -2.30. The van der Waals surface area contributed by atoms with Crippen molar-refractivity contribution in [2.75, 3.05) is 10.8 Å². The average Bonchev–Trinajstić information content (AvgIpc) is 3.09. The zero-order valence-electron chi connectivity index (χ0n) is 13.1. The number of nitrogens with zero attached hydrogens (tertiary/aromatic N) is 3. The molecule has 0 saturated carbocycles. The summed E-state index contributed by atoms with van der Waals surface area (Å²) in [7, 11) is -3.74. The maximum absolute atomic E-state index is 12.9. The number of sulfonamides is 1. The first kappa shape index (κ1) is 16.1. The van der Waals surface area contributed by atoms with Crippen molar-refractivity contribution in [3.8, 4) is 11.4 Å². The van der Waals surface area contributed by atoms with E-state index in [-0.39, 0.29) is 17.2 Å². The molecule has 1 N–H and O–H groups in total. The first-order valence-corrected chi connectivity index (χ1v) is 8.88. The Morgan fingerprint density at radius 3 is 2.38 bits per heavy atom. The molecule has 0 spiro atoms. The van der Waals surface area contributed by atoms with Gasteiger partial charge < -0.3 is 5.11 Å². The van der Waals surface area contributed by atoms with E-state index in [9.17, 15) is 13.5 Å². The van der Waals surface area contributed by atoms with Crippen molar-refractivity contribution in [3.05, 3.63) is 67.0 Å². The van der Waals surface area contributed by atoms with Gasteiger partial charge in [0.1, 0.15) is 10.6 Å². The third kappa shape index (κ3) is 2.98. The first-order valence-electron chi connectivity index (χ1n) is 7.44. The molecular weight excluding hydrogens is 326 g/mol. The van der Waals surface area contributed by atoms with Crippen LogP contribution in [0.15, 0.2) is 71.9 Å². The van der Waals surface area contributed by atoms with Gasteiger partial charge in [-0.2, -0.15) is 5.10 Å². The van der Waals surface area contributed by atoms with Crippen LogP contribution in [0.25, 0.3) is 5.69 Å². The highest BCUT2D eigenvalue weighted by atomic mass is 32.2. The number of anilines is 1. The minimum Gasteiger partial charge on any atom is -0.508 e. The minimum absolute atomic E-state index is 0.0871. The zero-order chi connectivity index (χ0) is 17.2. The zero-order valence-corrected chi connectivity index (χ0v) is 13.9. The van der Waals surface area contributed by atoms with Crippen molar-refractivity contribution in [2.45, 2.75) is 11.8 Å². The van der Waals surface area contributed by atoms with Gasteiger partial charge in [-0.05, 0) is 43.3 Å². The van der Waals surface area contributed by atoms with E-state index in [1.807, 2.05) is 30.3 Å². The van der Waals surface area contributed by atoms with E-state index in [0.717, 1.165) is 5.69 Å². The Balaban J connectivity index is 1.97. The molecule has 2 aromatic carbocycles. The van der Waals surface area contributed by atoms with Crippen LogP contribution in [-0.4, -0.2) is 29.8 Å². The monoisotopic (exact) mass is 343 g/mol. The maximum atomic E-state index is 12.9. The summed E-state index contributed by atoms with van der Waals surface area (Å²) >= 11 is 0. The lowest BCUT2D eigenvalue weighted by atomic mass is 10.3. The number of hydrogen-bond acceptors (Lipinski definition) is 4. The van der Waals surface area contributed by atoms with Crippen LogP contribution in [0.3, 0.4) is 0 Å². The van der Waals surface area contributed by atoms with E-state index < -0.39 is 10.0 Å². The van der Waals surface area contributed by atoms with E-state index in [1.165, 1.54) is 33.5 Å². The number of rotatable bonds is 5. The Hall–Kier alpha value is -2.80. The number of hydrogen-bond donors (Lipinski definition) is 1. The van der Waals surface area contributed by atoms with Crippen molar-refractivity contribution in [1.82, 2.24) is 9.78 Å². The summed E-state index contributed by atoms with van der Waals surface area (Å²) in [6.45, 7) is 2.02. The largest absolute Gasteiger partial charge is 0.508 e. The highest BCUT2D eigenvalue weighted by Gasteiger charge is 2.25. The van der Waals surface area contributed by atoms with E-state index in [0.29, 0.717) is 5.69 Å². The predicted octanol–water partition coefficient (Wildman–Crippen LogP) is 2.79. The van der Waals surface area contributed by atoms with Gasteiger partial charge in [0.2, 0.25) is 0 Å². The molecule has 1 aromatic heterocycles. The predicted molar refractivity (Wildman–Crippen MR) is 91.9 cm³/mol. The fourth-order valence-corrected chi connectivity index (χ4v) is 3.81. The van der Waals surface area contributed by atoms with E-state index in [4.69, 9.17) is 0 Å². The SMILES string of the molecule is CCN(c1ccc(O)cc1)S(=O)(=O)c1cnn(-c2ccccc2)c1. The maximum Gasteiger partial charge on any atom is 0.267 e. The first-order chi connectivity index (χ1) is 11.5. The van der Waals surface area contributed by atoms with Crippen LogP contribution in [0, 0.1) is 0 Å². The normalized spacial score (nSPS) is 11.4. The third-order valence-electron chi connectivity index (χ3n) is 3.59. The smallest absolute Gasteiger partial charge is 0.267 e. The third-order valence-corrected chi connectivity index (χ3v) is 5.45. The summed E-state index contributed by atoms with van der Waals surface area (Å²) in [5.74, 6) is 0.0871. The molecule has 3 aromatic rings. The van der Waals surface area contributed by atoms with Gasteiger partial charge in [0, 0.05) is 6.54 Å². The number of phenolic OH excluding ortho intramolecular Hbond substituents is 1. The molecule has 0 bridgehead atoms. The molecule has 0 atom stereocenters. The summed E-state index contributed by atoms with van der Waals surface area (Å²) in [4.78, 5) is 0.112. The molecule has 6 nitrogen and oxygen atoms in total. The van der Waals surface area contributed by atoms with Crippen LogP contribution in [-0.2, 0) is 10.0 Å². The van der Waals surface area contributed by atoms with Crippen LogP contribution in [0.5, 0.6) is 5.75 Å². The van der Waals surface area contributed by atoms with Gasteiger partial charge in [0.05, 0.1) is 23.8 Å². The molecule has 1 heterocycles. The molecule has 0 amide bonds. The molecule has 0 aliphatic heterocycles. The summed E-state index contributed by atoms with van der Waals surface area (Å²) in [5.41, 5.74) is 1.27. The average molecular weight is 343 g/mol. The van der Waals surface area contributed by atoms with Crippen molar-refractivity contribution in [2.24, 2.45) is 0 Å². The molecule has 7 heteroatoms. The van der Waals surface area contributed by atoms with Gasteiger partial charge in [-0.3, -0.25) is 4.31 Å². The molecule has 0 saturated heterocycles. The van der Waals surface area contributed by atoms with Crippen LogP contribution in [0.1, 0.15) is 6.92 Å². The van der Waals surface area contributed by atoms with E-state index >= 15 is 0 Å². The molecule has 3 rings (SSSR count). The van der Waals surface area contributed by atoms with Crippen molar-refractivity contribution >= 4 is 15.7 Å². The van der Waals surface area contributed by atoms with Gasteiger partial charge in [0.25, 0.3) is 10.0 Å². The minimum atomic E-state index is -3.74. The number of aromatic nitrogens is 2. The Labute approximate surface area is 140 Å². The van der Waals surface area contributed by atoms with Gasteiger partial charge >= 0.3 is 0 Å². The summed E-state index contributed by atoms with van der Waals surface area (Å²) in [6.07, 6.45) is 2.83. The van der Waals surface area contributed by atoms with Crippen LogP contribution in [0.2, 0.25) is 0 Å². The topological polar surface area (TPSA) is 75.4 Å². The van der Waals surface area contributed by atoms with Crippen LogP contribution < -0.4 is 4.31 Å². The number of aromatic hydroxyl groups is 1. The second kappa shape index (κ2) is 6.37. The highest BCUT2D eigenvalue weighted by molar-refractivity contribution is 7.92. The molecule has 0 radical (unpaired) electrons. The second-order valence-electron chi connectivity index (χ2n) is 5.14. The Kier molecular flexibility index (Phi) is 4.26. The Bertz CT molecular complexity index is 919. The summed E-state index contributed by atoms with van der Waals surface area (Å²) < 4.78 is 28.6. The van der Waals surface area contributed by atoms with Gasteiger partial charge in [-0.15, -0.1) is 0 Å². The Morgan fingerprint density at radius 1 is 1.08 bits per heavy atom. The van der Waals surface area contributed by atoms with Crippen molar-refractivity contribution in [3.63, 3.8) is 0 Å². The number of benzene rings is 2. The second-order valence-corrected chi connectivity index (χ2v) is 7.00. The molecule has 0 aliphatic rings. The van der Waals surface area contributed by atoms with Crippen LogP contribution >= 0.6 is 0 Å². The molecule has 0 unspecified atom stereocenters. The number of phenols is 1. The highest BCUT2D eigenvalue weighted by Crippen LogP contribution is 2.25. The van der Waals surface area contributed by atoms with Gasteiger partial charge in [-0.25, -0.2) is 13.1 Å². The molecule has 24 heavy (non-hydrogen) atoms. The quantitative estimate of drug-likeness (QED) is 0.773. The fourth-order valence-electron chi connectivity index (χ4n) is 2.40. The fraction of sp³-hybridized carbons (Fsp3) is 0.118. The van der Waals surface area contributed by atoms with Gasteiger partial charge in [0.15, 0.2) is 0 Å². The standard InChI is InChI=1S/C17H17N3O3S/c1-2-20(15-8-10-16(21)11-9-15)24(22,23)17-12-18-19(13-17)14-6-4-3-5-7-14/h3-13,21H,2H2,1H3. The van der Waals surface area contributed by atoms with Crippen molar-refractivity contribution < 1.29 is 13.5 Å². The summed E-state index contributed by atoms with van der Waals surface area (Å²) in [5, 5.41) is 13.5. The van der Waals surface area contributed by atoms with E-state index in [2.05, 4.69) is 5.10 Å². The van der Waals surface area contributed by atoms with Crippen molar-refractivity contribution in [1.29, 1.82) is 0 Å². The van der Waals surface area contributed by atoms with Gasteiger partial charge in [-0.1, -0.05) is 18.2 Å². The lowest BCUT2D eigenvalue weighted by molar-refractivity contribution is 0.475. The molecule has 0 aliphatic carbocycles. The molecule has 0 fully saturated rings. The molecule has 124 valence electrons. The summed E-state index contributed by atoms with van der Waals surface area (Å²) in [6, 6.07) is 15.4. The van der Waals surface area contributed by atoms with E-state index in [1.54, 1.807) is 19.1 Å². The Morgan fingerprint density at radius 2 is 1.75 bits per heavy atom. The van der Waals surface area contributed by atoms with Crippen LogP contribution in [0.4, 0.5) is 5.69 Å². The lowest BCUT2D eigenvalue weighted by Gasteiger charge is -2.22. The number of para-hydroxylation sites is 1.